The summed E-state index contributed by atoms with van der Waals surface area (Å²) in [4.78, 5) is 15.1. The van der Waals surface area contributed by atoms with Crippen LogP contribution < -0.4 is 0 Å². The largest absolute Gasteiger partial charge is 0.345 e. The van der Waals surface area contributed by atoms with Gasteiger partial charge in [-0.1, -0.05) is 37.3 Å². The fourth-order valence-corrected chi connectivity index (χ4v) is 4.22. The Morgan fingerprint density at radius 1 is 1.12 bits per heavy atom. The van der Waals surface area contributed by atoms with Crippen molar-refractivity contribution in [3.8, 4) is 0 Å². The molecule has 0 unspecified atom stereocenters. The Balaban J connectivity index is 1.50. The van der Waals surface area contributed by atoms with E-state index >= 15 is 0 Å². The van der Waals surface area contributed by atoms with Gasteiger partial charge in [0.2, 0.25) is 0 Å². The highest BCUT2D eigenvalue weighted by Crippen LogP contribution is 2.33. The second-order valence-corrected chi connectivity index (χ2v) is 7.44. The van der Waals surface area contributed by atoms with E-state index in [4.69, 9.17) is 4.98 Å². The molecular formula is C21H23N5. The molecule has 3 aromatic heterocycles. The Kier molecular flexibility index (Phi) is 3.75. The molecule has 5 nitrogen and oxygen atoms in total. The molecule has 1 fully saturated rings. The number of imidazole rings is 1. The van der Waals surface area contributed by atoms with E-state index < -0.39 is 0 Å². The zero-order valence-electron chi connectivity index (χ0n) is 15.0. The second kappa shape index (κ2) is 6.25. The van der Waals surface area contributed by atoms with Gasteiger partial charge in [0.1, 0.15) is 5.82 Å². The molecule has 0 aliphatic carbocycles. The summed E-state index contributed by atoms with van der Waals surface area (Å²) in [5.74, 6) is 2.21. The third-order valence-electron chi connectivity index (χ3n) is 5.71. The van der Waals surface area contributed by atoms with E-state index in [0.717, 1.165) is 42.1 Å². The first-order valence-electron chi connectivity index (χ1n) is 9.35. The molecule has 0 saturated carbocycles. The quantitative estimate of drug-likeness (QED) is 0.614. The summed E-state index contributed by atoms with van der Waals surface area (Å²) >= 11 is 0. The van der Waals surface area contributed by atoms with Crippen LogP contribution >= 0.6 is 0 Å². The van der Waals surface area contributed by atoms with E-state index in [1.807, 2.05) is 18.6 Å². The van der Waals surface area contributed by atoms with Crippen LogP contribution in [0.25, 0.3) is 16.7 Å². The second-order valence-electron chi connectivity index (χ2n) is 7.44. The number of rotatable bonds is 3. The molecule has 0 radical (unpaired) electrons. The Labute approximate surface area is 152 Å². The summed E-state index contributed by atoms with van der Waals surface area (Å²) in [6.45, 7) is 5.57. The number of piperidine rings is 1. The summed E-state index contributed by atoms with van der Waals surface area (Å²) in [5.41, 5.74) is 4.48. The van der Waals surface area contributed by atoms with Crippen LogP contribution in [0.5, 0.6) is 0 Å². The van der Waals surface area contributed by atoms with Gasteiger partial charge in [0, 0.05) is 25.2 Å². The number of benzene rings is 1. The minimum atomic E-state index is 0.426. The molecule has 1 aliphatic rings. The Morgan fingerprint density at radius 3 is 2.85 bits per heavy atom. The lowest BCUT2D eigenvalue weighted by Crippen LogP contribution is -2.38. The Hall–Kier alpha value is -2.66. The number of H-pyrrole nitrogens is 1. The maximum absolute atomic E-state index is 4.82. The van der Waals surface area contributed by atoms with Crippen LogP contribution in [0.1, 0.15) is 30.7 Å². The maximum Gasteiger partial charge on any atom is 0.154 e. The molecule has 1 aromatic carbocycles. The zero-order valence-corrected chi connectivity index (χ0v) is 15.0. The summed E-state index contributed by atoms with van der Waals surface area (Å²) in [6, 6.07) is 12.8. The van der Waals surface area contributed by atoms with Crippen LogP contribution in [0, 0.1) is 5.92 Å². The van der Waals surface area contributed by atoms with Crippen molar-refractivity contribution in [3.63, 3.8) is 0 Å². The molecule has 0 amide bonds. The van der Waals surface area contributed by atoms with Gasteiger partial charge in [-0.25, -0.2) is 9.97 Å². The fourth-order valence-electron chi connectivity index (χ4n) is 4.22. The highest BCUT2D eigenvalue weighted by atomic mass is 15.2. The highest BCUT2D eigenvalue weighted by Gasteiger charge is 2.30. The smallest absolute Gasteiger partial charge is 0.154 e. The molecule has 4 heterocycles. The average Bonchev–Trinajstić information content (AvgIpc) is 3.30. The number of nitrogens with zero attached hydrogens (tertiary/aromatic N) is 4. The van der Waals surface area contributed by atoms with E-state index in [-0.39, 0.29) is 0 Å². The topological polar surface area (TPSA) is 49.2 Å². The SMILES string of the molecule is C[C@@H]1CCN(Cc2ccccc2)C[C@@H]1c1ncc2cnc3[nH]ccc3n12. The van der Waals surface area contributed by atoms with Crippen molar-refractivity contribution in [1.82, 2.24) is 24.3 Å². The van der Waals surface area contributed by atoms with Crippen LogP contribution in [0.15, 0.2) is 55.0 Å². The number of likely N-dealkylation sites (tertiary alicyclic amines) is 1. The lowest BCUT2D eigenvalue weighted by Gasteiger charge is -2.36. The van der Waals surface area contributed by atoms with E-state index in [0.29, 0.717) is 11.8 Å². The van der Waals surface area contributed by atoms with Gasteiger partial charge in [-0.05, 0) is 30.5 Å². The summed E-state index contributed by atoms with van der Waals surface area (Å²) in [7, 11) is 0. The molecule has 1 N–H and O–H groups in total. The molecule has 0 spiro atoms. The normalized spacial score (nSPS) is 21.6. The maximum atomic E-state index is 4.82. The molecule has 5 heteroatoms. The molecule has 0 bridgehead atoms. The zero-order chi connectivity index (χ0) is 17.5. The van der Waals surface area contributed by atoms with Gasteiger partial charge in [0.15, 0.2) is 5.65 Å². The van der Waals surface area contributed by atoms with Crippen LogP contribution in [0.4, 0.5) is 0 Å². The molecule has 1 aliphatic heterocycles. The van der Waals surface area contributed by atoms with Crippen molar-refractivity contribution in [1.29, 1.82) is 0 Å². The molecule has 5 rings (SSSR count). The van der Waals surface area contributed by atoms with Gasteiger partial charge >= 0.3 is 0 Å². The summed E-state index contributed by atoms with van der Waals surface area (Å²) in [6.07, 6.45) is 7.02. The molecular weight excluding hydrogens is 322 g/mol. The number of aromatic amines is 1. The Bertz CT molecular complexity index is 1030. The van der Waals surface area contributed by atoms with Gasteiger partial charge < -0.3 is 4.98 Å². The van der Waals surface area contributed by atoms with Crippen molar-refractivity contribution in [3.05, 3.63) is 66.4 Å². The first kappa shape index (κ1) is 15.6. The van der Waals surface area contributed by atoms with Gasteiger partial charge in [0.05, 0.1) is 23.4 Å². The van der Waals surface area contributed by atoms with Gasteiger partial charge in [-0.3, -0.25) is 9.30 Å². The van der Waals surface area contributed by atoms with E-state index in [2.05, 4.69) is 62.6 Å². The van der Waals surface area contributed by atoms with Crippen molar-refractivity contribution in [2.24, 2.45) is 5.92 Å². The minimum absolute atomic E-state index is 0.426. The summed E-state index contributed by atoms with van der Waals surface area (Å²) in [5, 5.41) is 0. The predicted molar refractivity (Wildman–Crippen MR) is 103 cm³/mol. The lowest BCUT2D eigenvalue weighted by atomic mass is 9.86. The van der Waals surface area contributed by atoms with E-state index in [1.165, 1.54) is 12.0 Å². The predicted octanol–water partition coefficient (Wildman–Crippen LogP) is 3.84. The Morgan fingerprint density at radius 2 is 1.96 bits per heavy atom. The molecule has 2 atom stereocenters. The van der Waals surface area contributed by atoms with Crippen molar-refractivity contribution in [2.45, 2.75) is 25.8 Å². The number of fused-ring (bicyclic) bond motifs is 3. The van der Waals surface area contributed by atoms with Crippen LogP contribution in [0.2, 0.25) is 0 Å². The van der Waals surface area contributed by atoms with E-state index in [1.54, 1.807) is 0 Å². The van der Waals surface area contributed by atoms with Crippen LogP contribution in [0.3, 0.4) is 0 Å². The first-order valence-corrected chi connectivity index (χ1v) is 9.35. The molecule has 26 heavy (non-hydrogen) atoms. The summed E-state index contributed by atoms with van der Waals surface area (Å²) < 4.78 is 2.28. The number of hydrogen-bond donors (Lipinski definition) is 1. The number of aromatic nitrogens is 4. The number of hydrogen-bond acceptors (Lipinski definition) is 3. The molecule has 1 saturated heterocycles. The lowest BCUT2D eigenvalue weighted by molar-refractivity contribution is 0.156. The van der Waals surface area contributed by atoms with Gasteiger partial charge in [0.25, 0.3) is 0 Å². The minimum Gasteiger partial charge on any atom is -0.345 e. The third-order valence-corrected chi connectivity index (χ3v) is 5.71. The van der Waals surface area contributed by atoms with Crippen molar-refractivity contribution < 1.29 is 0 Å². The fraction of sp³-hybridized carbons (Fsp3) is 0.333. The first-order chi connectivity index (χ1) is 12.8. The van der Waals surface area contributed by atoms with Crippen molar-refractivity contribution in [2.75, 3.05) is 13.1 Å². The molecule has 132 valence electrons. The monoisotopic (exact) mass is 345 g/mol. The third kappa shape index (κ3) is 2.59. The standard InChI is InChI=1S/C21H23N5/c1-15-8-10-25(13-16-5-3-2-4-6-16)14-18(15)21-24-12-17-11-23-20-19(26(17)21)7-9-22-20/h2-7,9,11-12,15,18,22H,8,10,13-14H2,1H3/t15-,18+/m1/s1. The number of nitrogens with one attached hydrogen (secondary N) is 1. The van der Waals surface area contributed by atoms with Crippen LogP contribution in [-0.4, -0.2) is 37.3 Å². The van der Waals surface area contributed by atoms with E-state index in [9.17, 15) is 0 Å². The van der Waals surface area contributed by atoms with Crippen LogP contribution in [-0.2, 0) is 6.54 Å². The van der Waals surface area contributed by atoms with Gasteiger partial charge in [-0.15, -0.1) is 0 Å². The highest BCUT2D eigenvalue weighted by molar-refractivity contribution is 5.75. The van der Waals surface area contributed by atoms with Crippen molar-refractivity contribution >= 4 is 16.7 Å². The average molecular weight is 345 g/mol. The molecule has 4 aromatic rings. The van der Waals surface area contributed by atoms with Gasteiger partial charge in [-0.2, -0.15) is 0 Å².